The van der Waals surface area contributed by atoms with Gasteiger partial charge in [0, 0.05) is 36.0 Å². The van der Waals surface area contributed by atoms with Gasteiger partial charge >= 0.3 is 0 Å². The van der Waals surface area contributed by atoms with E-state index in [0.717, 1.165) is 10.2 Å². The van der Waals surface area contributed by atoms with Crippen LogP contribution in [0.2, 0.25) is 0 Å². The Labute approximate surface area is 111 Å². The molecule has 0 spiro atoms. The molecule has 17 heavy (non-hydrogen) atoms. The van der Waals surface area contributed by atoms with Gasteiger partial charge in [0.25, 0.3) is 0 Å². The van der Waals surface area contributed by atoms with Crippen LogP contribution in [0.5, 0.6) is 0 Å². The first-order chi connectivity index (χ1) is 8.17. The zero-order chi connectivity index (χ0) is 12.7. The number of aromatic nitrogens is 1. The zero-order valence-electron chi connectivity index (χ0n) is 10.2. The van der Waals surface area contributed by atoms with Gasteiger partial charge in [0.1, 0.15) is 0 Å². The molecule has 1 atom stereocenters. The molecule has 0 saturated heterocycles. The minimum absolute atomic E-state index is 0.205. The number of halogens is 1. The maximum atomic E-state index is 6.06. The largest absolute Gasteiger partial charge is 0.351 e. The number of nitrogens with two attached hydrogens (primary N) is 1. The van der Waals surface area contributed by atoms with Crippen LogP contribution in [-0.2, 0) is 15.9 Å². The van der Waals surface area contributed by atoms with Gasteiger partial charge in [0.2, 0.25) is 0 Å². The lowest BCUT2D eigenvalue weighted by molar-refractivity contribution is -0.148. The highest BCUT2D eigenvalue weighted by Gasteiger charge is 2.18. The standard InChI is InChI=1S/C12H19BrN2O2/c1-3-16-12(17-4-2)11(14)7-10-6-5-9(13)8-15-10/h5-6,8,11-12H,3-4,7,14H2,1-2H3. The van der Waals surface area contributed by atoms with E-state index in [9.17, 15) is 0 Å². The fraction of sp³-hybridized carbons (Fsp3) is 0.583. The smallest absolute Gasteiger partial charge is 0.172 e. The van der Waals surface area contributed by atoms with Crippen molar-refractivity contribution in [3.63, 3.8) is 0 Å². The van der Waals surface area contributed by atoms with Crippen LogP contribution in [0.3, 0.4) is 0 Å². The Hall–Kier alpha value is -0.490. The average molecular weight is 303 g/mol. The van der Waals surface area contributed by atoms with E-state index in [1.807, 2.05) is 26.0 Å². The topological polar surface area (TPSA) is 57.4 Å². The Kier molecular flexibility index (Phi) is 6.65. The second-order valence-electron chi connectivity index (χ2n) is 3.61. The van der Waals surface area contributed by atoms with Crippen molar-refractivity contribution in [2.45, 2.75) is 32.6 Å². The van der Waals surface area contributed by atoms with Crippen molar-refractivity contribution in [2.75, 3.05) is 13.2 Å². The van der Waals surface area contributed by atoms with Gasteiger partial charge in [0.15, 0.2) is 6.29 Å². The SMILES string of the molecule is CCOC(OCC)C(N)Cc1ccc(Br)cn1. The van der Waals surface area contributed by atoms with Gasteiger partial charge < -0.3 is 15.2 Å². The summed E-state index contributed by atoms with van der Waals surface area (Å²) in [6, 6.07) is 3.69. The van der Waals surface area contributed by atoms with Gasteiger partial charge in [-0.05, 0) is 41.9 Å². The Bertz CT molecular complexity index is 313. The summed E-state index contributed by atoms with van der Waals surface area (Å²) < 4.78 is 11.9. The van der Waals surface area contributed by atoms with Gasteiger partial charge in [-0.1, -0.05) is 0 Å². The first-order valence-corrected chi connectivity index (χ1v) is 6.55. The van der Waals surface area contributed by atoms with Crippen molar-refractivity contribution >= 4 is 15.9 Å². The van der Waals surface area contributed by atoms with E-state index < -0.39 is 0 Å². The molecule has 0 saturated carbocycles. The van der Waals surface area contributed by atoms with Gasteiger partial charge in [-0.15, -0.1) is 0 Å². The fourth-order valence-electron chi connectivity index (χ4n) is 1.49. The molecule has 1 rings (SSSR count). The first-order valence-electron chi connectivity index (χ1n) is 5.76. The van der Waals surface area contributed by atoms with Crippen molar-refractivity contribution in [3.05, 3.63) is 28.5 Å². The van der Waals surface area contributed by atoms with E-state index in [1.54, 1.807) is 6.20 Å². The molecule has 0 bridgehead atoms. The lowest BCUT2D eigenvalue weighted by Crippen LogP contribution is -2.40. The van der Waals surface area contributed by atoms with Crippen LogP contribution in [0.15, 0.2) is 22.8 Å². The second-order valence-corrected chi connectivity index (χ2v) is 4.53. The molecule has 0 fully saturated rings. The highest BCUT2D eigenvalue weighted by atomic mass is 79.9. The third-order valence-electron chi connectivity index (χ3n) is 2.24. The van der Waals surface area contributed by atoms with E-state index in [2.05, 4.69) is 20.9 Å². The maximum Gasteiger partial charge on any atom is 0.172 e. The molecule has 1 aromatic rings. The summed E-state index contributed by atoms with van der Waals surface area (Å²) in [5.41, 5.74) is 6.99. The molecular weight excluding hydrogens is 284 g/mol. The van der Waals surface area contributed by atoms with Crippen molar-refractivity contribution in [2.24, 2.45) is 5.73 Å². The highest BCUT2D eigenvalue weighted by molar-refractivity contribution is 9.10. The molecule has 4 nitrogen and oxygen atoms in total. The molecule has 1 aromatic heterocycles. The third-order valence-corrected chi connectivity index (χ3v) is 2.71. The van der Waals surface area contributed by atoms with Crippen LogP contribution in [-0.4, -0.2) is 30.5 Å². The van der Waals surface area contributed by atoms with Crippen molar-refractivity contribution < 1.29 is 9.47 Å². The molecule has 0 aliphatic rings. The van der Waals surface area contributed by atoms with Crippen LogP contribution >= 0.6 is 15.9 Å². The zero-order valence-corrected chi connectivity index (χ0v) is 11.8. The van der Waals surface area contributed by atoms with Crippen molar-refractivity contribution in [3.8, 4) is 0 Å². The summed E-state index contributed by atoms with van der Waals surface area (Å²) in [7, 11) is 0. The molecule has 1 unspecified atom stereocenters. The molecule has 5 heteroatoms. The van der Waals surface area contributed by atoms with Crippen LogP contribution in [0.25, 0.3) is 0 Å². The van der Waals surface area contributed by atoms with E-state index in [4.69, 9.17) is 15.2 Å². The van der Waals surface area contributed by atoms with Crippen molar-refractivity contribution in [1.82, 2.24) is 4.98 Å². The minimum Gasteiger partial charge on any atom is -0.351 e. The fourth-order valence-corrected chi connectivity index (χ4v) is 1.72. The predicted molar refractivity (Wildman–Crippen MR) is 70.7 cm³/mol. The lowest BCUT2D eigenvalue weighted by Gasteiger charge is -2.23. The Morgan fingerprint density at radius 1 is 1.29 bits per heavy atom. The summed E-state index contributed by atoms with van der Waals surface area (Å²) in [6.45, 7) is 5.03. The number of hydrogen-bond donors (Lipinski definition) is 1. The summed E-state index contributed by atoms with van der Waals surface area (Å²) in [4.78, 5) is 4.28. The molecule has 0 aromatic carbocycles. The average Bonchev–Trinajstić information content (AvgIpc) is 2.32. The van der Waals surface area contributed by atoms with Crippen LogP contribution < -0.4 is 5.73 Å². The molecule has 0 amide bonds. The Morgan fingerprint density at radius 2 is 1.94 bits per heavy atom. The van der Waals surface area contributed by atoms with Crippen LogP contribution in [0.1, 0.15) is 19.5 Å². The molecule has 2 N–H and O–H groups in total. The molecule has 96 valence electrons. The third kappa shape index (κ3) is 5.12. The van der Waals surface area contributed by atoms with Gasteiger partial charge in [0.05, 0.1) is 6.04 Å². The van der Waals surface area contributed by atoms with Gasteiger partial charge in [-0.3, -0.25) is 4.98 Å². The maximum absolute atomic E-state index is 6.06. The molecule has 1 heterocycles. The van der Waals surface area contributed by atoms with Crippen LogP contribution in [0.4, 0.5) is 0 Å². The minimum atomic E-state index is -0.365. The molecule has 0 radical (unpaired) electrons. The van der Waals surface area contributed by atoms with E-state index in [0.29, 0.717) is 19.6 Å². The predicted octanol–water partition coefficient (Wildman–Crippen LogP) is 2.11. The quantitative estimate of drug-likeness (QED) is 0.784. The highest BCUT2D eigenvalue weighted by Crippen LogP contribution is 2.10. The second kappa shape index (κ2) is 7.76. The Morgan fingerprint density at radius 3 is 2.41 bits per heavy atom. The van der Waals surface area contributed by atoms with Gasteiger partial charge in [-0.25, -0.2) is 0 Å². The molecular formula is C12H19BrN2O2. The first kappa shape index (κ1) is 14.6. The van der Waals surface area contributed by atoms with E-state index >= 15 is 0 Å². The normalized spacial score (nSPS) is 13.0. The summed E-state index contributed by atoms with van der Waals surface area (Å²) in [5, 5.41) is 0. The van der Waals surface area contributed by atoms with E-state index in [-0.39, 0.29) is 12.3 Å². The molecule has 0 aliphatic carbocycles. The Balaban J connectivity index is 2.55. The summed E-state index contributed by atoms with van der Waals surface area (Å²) in [6.07, 6.45) is 2.03. The van der Waals surface area contributed by atoms with E-state index in [1.165, 1.54) is 0 Å². The molecule has 0 aliphatic heterocycles. The van der Waals surface area contributed by atoms with Gasteiger partial charge in [-0.2, -0.15) is 0 Å². The number of rotatable bonds is 7. The number of ether oxygens (including phenoxy) is 2. The van der Waals surface area contributed by atoms with Crippen LogP contribution in [0, 0.1) is 0 Å². The summed E-state index contributed by atoms with van der Waals surface area (Å²) in [5.74, 6) is 0. The number of hydrogen-bond acceptors (Lipinski definition) is 4. The summed E-state index contributed by atoms with van der Waals surface area (Å²) >= 11 is 3.35. The lowest BCUT2D eigenvalue weighted by atomic mass is 10.1. The number of pyridine rings is 1. The monoisotopic (exact) mass is 302 g/mol. The van der Waals surface area contributed by atoms with Crippen molar-refractivity contribution in [1.29, 1.82) is 0 Å². The number of nitrogens with zero attached hydrogens (tertiary/aromatic N) is 1.